The predicted molar refractivity (Wildman–Crippen MR) is 103 cm³/mol. The van der Waals surface area contributed by atoms with Crippen LogP contribution >= 0.6 is 11.6 Å². The second-order valence-corrected chi connectivity index (χ2v) is 6.48. The topological polar surface area (TPSA) is 74.0 Å². The molecule has 142 valence electrons. The van der Waals surface area contributed by atoms with Crippen molar-refractivity contribution in [2.45, 2.75) is 26.9 Å². The highest BCUT2D eigenvalue weighted by Gasteiger charge is 2.20. The van der Waals surface area contributed by atoms with Crippen molar-refractivity contribution in [3.63, 3.8) is 0 Å². The molecule has 0 saturated heterocycles. The Morgan fingerprint density at radius 2 is 2.00 bits per heavy atom. The van der Waals surface area contributed by atoms with Gasteiger partial charge >= 0.3 is 5.97 Å². The minimum absolute atomic E-state index is 0.303. The van der Waals surface area contributed by atoms with Gasteiger partial charge in [-0.15, -0.1) is 0 Å². The molecule has 1 N–H and O–H groups in total. The molecule has 2 heterocycles. The van der Waals surface area contributed by atoms with Crippen LogP contribution in [-0.4, -0.2) is 32.1 Å². The van der Waals surface area contributed by atoms with Gasteiger partial charge in [-0.3, -0.25) is 4.68 Å². The van der Waals surface area contributed by atoms with E-state index in [-0.39, 0.29) is 0 Å². The summed E-state index contributed by atoms with van der Waals surface area (Å²) in [5.41, 5.74) is 4.02. The molecular formula is C19H22ClN5O2. The van der Waals surface area contributed by atoms with E-state index in [4.69, 9.17) is 16.3 Å². The number of carbonyl (C=O) groups is 1. The van der Waals surface area contributed by atoms with Crippen molar-refractivity contribution in [2.75, 3.05) is 6.61 Å². The molecule has 0 atom stereocenters. The van der Waals surface area contributed by atoms with Gasteiger partial charge in [0, 0.05) is 31.4 Å². The summed E-state index contributed by atoms with van der Waals surface area (Å²) in [5, 5.41) is 12.5. The fourth-order valence-corrected chi connectivity index (χ4v) is 3.00. The number of hydrogen-bond donors (Lipinski definition) is 1. The van der Waals surface area contributed by atoms with Crippen LogP contribution in [0.15, 0.2) is 36.7 Å². The molecular weight excluding hydrogens is 366 g/mol. The van der Waals surface area contributed by atoms with Crippen LogP contribution in [0, 0.1) is 6.92 Å². The van der Waals surface area contributed by atoms with Crippen LogP contribution in [0.25, 0.3) is 5.69 Å². The van der Waals surface area contributed by atoms with E-state index in [1.807, 2.05) is 43.0 Å². The Bertz CT molecular complexity index is 947. The monoisotopic (exact) mass is 387 g/mol. The molecule has 0 aliphatic heterocycles. The third-order valence-electron chi connectivity index (χ3n) is 4.39. The third kappa shape index (κ3) is 4.04. The molecule has 0 bridgehead atoms. The van der Waals surface area contributed by atoms with E-state index in [0.29, 0.717) is 41.7 Å². The molecule has 3 aromatic rings. The zero-order chi connectivity index (χ0) is 19.4. The molecule has 0 amide bonds. The van der Waals surface area contributed by atoms with Crippen LogP contribution in [0.1, 0.15) is 34.2 Å². The minimum atomic E-state index is -0.398. The second kappa shape index (κ2) is 8.37. The fraction of sp³-hybridized carbons (Fsp3) is 0.316. The molecule has 0 fully saturated rings. The van der Waals surface area contributed by atoms with Gasteiger partial charge in [0.2, 0.25) is 0 Å². The smallest absolute Gasteiger partial charge is 0.341 e. The summed E-state index contributed by atoms with van der Waals surface area (Å²) >= 11 is 6.33. The Morgan fingerprint density at radius 1 is 1.22 bits per heavy atom. The number of nitrogens with one attached hydrogen (secondary N) is 1. The quantitative estimate of drug-likeness (QED) is 0.631. The fourth-order valence-electron chi connectivity index (χ4n) is 2.79. The van der Waals surface area contributed by atoms with E-state index in [1.165, 1.54) is 6.20 Å². The number of esters is 1. The maximum absolute atomic E-state index is 12.3. The highest BCUT2D eigenvalue weighted by molar-refractivity contribution is 6.32. The van der Waals surface area contributed by atoms with E-state index in [9.17, 15) is 4.79 Å². The van der Waals surface area contributed by atoms with E-state index in [2.05, 4.69) is 15.5 Å². The number of aryl methyl sites for hydroxylation is 1. The van der Waals surface area contributed by atoms with Crippen molar-refractivity contribution in [1.82, 2.24) is 24.9 Å². The second-order valence-electron chi connectivity index (χ2n) is 6.07. The lowest BCUT2D eigenvalue weighted by Crippen LogP contribution is -2.19. The van der Waals surface area contributed by atoms with E-state index < -0.39 is 5.97 Å². The molecule has 0 radical (unpaired) electrons. The van der Waals surface area contributed by atoms with Crippen LogP contribution in [0.2, 0.25) is 5.02 Å². The van der Waals surface area contributed by atoms with Gasteiger partial charge in [-0.2, -0.15) is 10.2 Å². The molecule has 0 saturated carbocycles. The molecule has 3 rings (SSSR count). The van der Waals surface area contributed by atoms with Crippen LogP contribution in [-0.2, 0) is 24.9 Å². The normalized spacial score (nSPS) is 11.0. The zero-order valence-electron chi connectivity index (χ0n) is 15.6. The average molecular weight is 388 g/mol. The third-order valence-corrected chi connectivity index (χ3v) is 4.71. The number of rotatable bonds is 7. The van der Waals surface area contributed by atoms with Crippen molar-refractivity contribution in [2.24, 2.45) is 7.05 Å². The summed E-state index contributed by atoms with van der Waals surface area (Å²) in [6.45, 7) is 5.14. The maximum atomic E-state index is 12.3. The number of benzene rings is 1. The van der Waals surface area contributed by atoms with Gasteiger partial charge in [0.1, 0.15) is 5.56 Å². The Hall–Kier alpha value is -2.64. The molecule has 27 heavy (non-hydrogen) atoms. The zero-order valence-corrected chi connectivity index (χ0v) is 16.3. The number of carbonyl (C=O) groups excluding carboxylic acids is 1. The first-order valence-corrected chi connectivity index (χ1v) is 9.07. The summed E-state index contributed by atoms with van der Waals surface area (Å²) < 4.78 is 8.68. The Labute approximate surface area is 162 Å². The number of hydrogen-bond acceptors (Lipinski definition) is 5. The summed E-state index contributed by atoms with van der Waals surface area (Å²) in [7, 11) is 1.91. The van der Waals surface area contributed by atoms with E-state index in [0.717, 1.165) is 11.3 Å². The standard InChI is InChI=1S/C19H22ClN5O2/c1-4-27-19(26)15-11-23-25(17-8-6-5-7-16(17)20)18(15)12-21-9-14-10-22-24(3)13(14)2/h5-8,10-11,21H,4,9,12H2,1-3H3. The number of halogens is 1. The Kier molecular flexibility index (Phi) is 5.93. The van der Waals surface area contributed by atoms with Gasteiger partial charge < -0.3 is 10.1 Å². The first-order valence-electron chi connectivity index (χ1n) is 8.70. The molecule has 0 aliphatic rings. The summed E-state index contributed by atoms with van der Waals surface area (Å²) in [6.07, 6.45) is 3.35. The SMILES string of the molecule is CCOC(=O)c1cnn(-c2ccccc2Cl)c1CNCc1cnn(C)c1C. The van der Waals surface area contributed by atoms with Gasteiger partial charge in [-0.25, -0.2) is 9.48 Å². The minimum Gasteiger partial charge on any atom is -0.462 e. The van der Waals surface area contributed by atoms with Crippen LogP contribution < -0.4 is 5.32 Å². The molecule has 0 spiro atoms. The Balaban J connectivity index is 1.88. The molecule has 7 nitrogen and oxygen atoms in total. The lowest BCUT2D eigenvalue weighted by molar-refractivity contribution is 0.0525. The number of ether oxygens (including phenoxy) is 1. The molecule has 0 aliphatic carbocycles. The van der Waals surface area contributed by atoms with Crippen molar-refractivity contribution in [3.8, 4) is 5.69 Å². The summed E-state index contributed by atoms with van der Waals surface area (Å²) in [5.74, 6) is -0.398. The molecule has 1 aromatic carbocycles. The maximum Gasteiger partial charge on any atom is 0.341 e. The first kappa shape index (κ1) is 19.1. The van der Waals surface area contributed by atoms with Crippen molar-refractivity contribution in [3.05, 3.63) is 64.2 Å². The molecule has 2 aromatic heterocycles. The molecule has 0 unspecified atom stereocenters. The summed E-state index contributed by atoms with van der Waals surface area (Å²) in [4.78, 5) is 12.3. The molecule has 8 heteroatoms. The Morgan fingerprint density at radius 3 is 2.67 bits per heavy atom. The van der Waals surface area contributed by atoms with Crippen LogP contribution in [0.3, 0.4) is 0 Å². The number of aromatic nitrogens is 4. The number of nitrogens with zero attached hydrogens (tertiary/aromatic N) is 4. The highest BCUT2D eigenvalue weighted by Crippen LogP contribution is 2.23. The van der Waals surface area contributed by atoms with Gasteiger partial charge in [-0.1, -0.05) is 23.7 Å². The van der Waals surface area contributed by atoms with Gasteiger partial charge in [0.05, 0.1) is 35.4 Å². The van der Waals surface area contributed by atoms with E-state index in [1.54, 1.807) is 17.7 Å². The largest absolute Gasteiger partial charge is 0.462 e. The van der Waals surface area contributed by atoms with Gasteiger partial charge in [0.25, 0.3) is 0 Å². The summed E-state index contributed by atoms with van der Waals surface area (Å²) in [6, 6.07) is 7.38. The van der Waals surface area contributed by atoms with E-state index >= 15 is 0 Å². The average Bonchev–Trinajstić information content (AvgIpc) is 3.21. The van der Waals surface area contributed by atoms with Crippen molar-refractivity contribution in [1.29, 1.82) is 0 Å². The van der Waals surface area contributed by atoms with Crippen molar-refractivity contribution >= 4 is 17.6 Å². The highest BCUT2D eigenvalue weighted by atomic mass is 35.5. The van der Waals surface area contributed by atoms with Crippen molar-refractivity contribution < 1.29 is 9.53 Å². The lowest BCUT2D eigenvalue weighted by Gasteiger charge is -2.12. The van der Waals surface area contributed by atoms with Crippen LogP contribution in [0.4, 0.5) is 0 Å². The van der Waals surface area contributed by atoms with Gasteiger partial charge in [0.15, 0.2) is 0 Å². The number of para-hydroxylation sites is 1. The van der Waals surface area contributed by atoms with Crippen LogP contribution in [0.5, 0.6) is 0 Å². The lowest BCUT2D eigenvalue weighted by atomic mass is 10.2. The predicted octanol–water partition coefficient (Wildman–Crippen LogP) is 3.03. The first-order chi connectivity index (χ1) is 13.0. The van der Waals surface area contributed by atoms with Gasteiger partial charge in [-0.05, 0) is 26.0 Å².